The predicted octanol–water partition coefficient (Wildman–Crippen LogP) is 0.793. The molecule has 94 valence electrons. The second-order valence-electron chi connectivity index (χ2n) is 5.54. The summed E-state index contributed by atoms with van der Waals surface area (Å²) in [6, 6.07) is 1.99. The Morgan fingerprint density at radius 3 is 2.53 bits per heavy atom. The highest BCUT2D eigenvalue weighted by molar-refractivity contribution is 6.05. The molecular formula is C12H19N3O2. The molecule has 1 unspecified atom stereocenters. The van der Waals surface area contributed by atoms with Gasteiger partial charge in [-0.3, -0.25) is 14.5 Å². The van der Waals surface area contributed by atoms with Gasteiger partial charge in [0.25, 0.3) is 0 Å². The summed E-state index contributed by atoms with van der Waals surface area (Å²) in [7, 11) is 0. The molecule has 2 N–H and O–H groups in total. The maximum Gasteiger partial charge on any atom is 0.235 e. The van der Waals surface area contributed by atoms with E-state index in [4.69, 9.17) is 11.0 Å². The minimum absolute atomic E-state index is 0.127. The smallest absolute Gasteiger partial charge is 0.235 e. The van der Waals surface area contributed by atoms with Crippen LogP contribution in [-0.2, 0) is 9.59 Å². The van der Waals surface area contributed by atoms with Gasteiger partial charge in [-0.25, -0.2) is 0 Å². The third-order valence-electron chi connectivity index (χ3n) is 3.05. The highest BCUT2D eigenvalue weighted by atomic mass is 16.2. The number of carbonyl (C=O) groups excluding carboxylic acids is 2. The van der Waals surface area contributed by atoms with E-state index in [0.717, 1.165) is 0 Å². The number of likely N-dealkylation sites (tertiary alicyclic amines) is 1. The van der Waals surface area contributed by atoms with Crippen molar-refractivity contribution >= 4 is 11.8 Å². The first-order valence-electron chi connectivity index (χ1n) is 5.74. The minimum Gasteiger partial charge on any atom is -0.314 e. The number of imide groups is 1. The van der Waals surface area contributed by atoms with Crippen LogP contribution in [0.15, 0.2) is 0 Å². The van der Waals surface area contributed by atoms with Crippen molar-refractivity contribution in [2.24, 2.45) is 11.1 Å². The van der Waals surface area contributed by atoms with Crippen molar-refractivity contribution in [1.82, 2.24) is 4.90 Å². The Kier molecular flexibility index (Phi) is 3.58. The maximum atomic E-state index is 11.9. The van der Waals surface area contributed by atoms with Crippen LogP contribution in [0.2, 0.25) is 0 Å². The molecule has 1 aliphatic rings. The van der Waals surface area contributed by atoms with Crippen LogP contribution in [0.25, 0.3) is 0 Å². The van der Waals surface area contributed by atoms with Gasteiger partial charge in [0.2, 0.25) is 11.8 Å². The molecule has 0 aromatic carbocycles. The molecule has 1 fully saturated rings. The van der Waals surface area contributed by atoms with E-state index < -0.39 is 11.0 Å². The lowest BCUT2D eigenvalue weighted by Gasteiger charge is -2.20. The summed E-state index contributed by atoms with van der Waals surface area (Å²) in [6.07, 6.45) is 1.30. The SMILES string of the molecule is CC(N)(C#N)CCCN1C(=O)CC(C)(C)C1=O. The number of carbonyl (C=O) groups is 2. The molecule has 1 saturated heterocycles. The topological polar surface area (TPSA) is 87.2 Å². The number of hydrogen-bond donors (Lipinski definition) is 1. The molecular weight excluding hydrogens is 218 g/mol. The zero-order chi connectivity index (χ0) is 13.3. The van der Waals surface area contributed by atoms with Gasteiger partial charge in [0, 0.05) is 13.0 Å². The lowest BCUT2D eigenvalue weighted by atomic mass is 9.92. The first kappa shape index (κ1) is 13.7. The highest BCUT2D eigenvalue weighted by Crippen LogP contribution is 2.31. The van der Waals surface area contributed by atoms with Gasteiger partial charge in [-0.15, -0.1) is 0 Å². The molecule has 0 aromatic heterocycles. The zero-order valence-corrected chi connectivity index (χ0v) is 10.6. The van der Waals surface area contributed by atoms with Gasteiger partial charge in [-0.1, -0.05) is 13.8 Å². The Morgan fingerprint density at radius 2 is 2.12 bits per heavy atom. The minimum atomic E-state index is -0.888. The van der Waals surface area contributed by atoms with Crippen molar-refractivity contribution in [2.45, 2.75) is 45.6 Å². The third kappa shape index (κ3) is 3.04. The van der Waals surface area contributed by atoms with Gasteiger partial charge < -0.3 is 5.73 Å². The van der Waals surface area contributed by atoms with Crippen molar-refractivity contribution in [3.05, 3.63) is 0 Å². The third-order valence-corrected chi connectivity index (χ3v) is 3.05. The molecule has 1 heterocycles. The maximum absolute atomic E-state index is 11.9. The van der Waals surface area contributed by atoms with Gasteiger partial charge >= 0.3 is 0 Å². The number of nitrogens with zero attached hydrogens (tertiary/aromatic N) is 2. The molecule has 0 radical (unpaired) electrons. The van der Waals surface area contributed by atoms with Crippen LogP contribution < -0.4 is 5.73 Å². The largest absolute Gasteiger partial charge is 0.314 e. The average Bonchev–Trinajstić information content (AvgIpc) is 2.40. The van der Waals surface area contributed by atoms with Crippen molar-refractivity contribution in [3.8, 4) is 6.07 Å². The summed E-state index contributed by atoms with van der Waals surface area (Å²) in [5, 5.41) is 8.75. The predicted molar refractivity (Wildman–Crippen MR) is 62.6 cm³/mol. The molecule has 5 heteroatoms. The van der Waals surface area contributed by atoms with E-state index in [0.29, 0.717) is 19.4 Å². The van der Waals surface area contributed by atoms with E-state index in [2.05, 4.69) is 0 Å². The Bertz CT molecular complexity index is 380. The number of hydrogen-bond acceptors (Lipinski definition) is 4. The second-order valence-corrected chi connectivity index (χ2v) is 5.54. The van der Waals surface area contributed by atoms with Crippen molar-refractivity contribution in [1.29, 1.82) is 5.26 Å². The van der Waals surface area contributed by atoms with E-state index in [-0.39, 0.29) is 18.2 Å². The Labute approximate surface area is 102 Å². The number of nitriles is 1. The molecule has 0 bridgehead atoms. The lowest BCUT2D eigenvalue weighted by molar-refractivity contribution is -0.140. The van der Waals surface area contributed by atoms with Crippen LogP contribution >= 0.6 is 0 Å². The van der Waals surface area contributed by atoms with Crippen LogP contribution in [0, 0.1) is 16.7 Å². The summed E-state index contributed by atoms with van der Waals surface area (Å²) in [5.41, 5.74) is 4.20. The summed E-state index contributed by atoms with van der Waals surface area (Å²) >= 11 is 0. The highest BCUT2D eigenvalue weighted by Gasteiger charge is 2.44. The zero-order valence-electron chi connectivity index (χ0n) is 10.6. The fourth-order valence-electron chi connectivity index (χ4n) is 1.91. The number of amides is 2. The van der Waals surface area contributed by atoms with Gasteiger partial charge in [0.15, 0.2) is 0 Å². The van der Waals surface area contributed by atoms with E-state index in [1.54, 1.807) is 20.8 Å². The van der Waals surface area contributed by atoms with E-state index in [1.807, 2.05) is 6.07 Å². The number of rotatable bonds is 4. The van der Waals surface area contributed by atoms with Crippen molar-refractivity contribution < 1.29 is 9.59 Å². The first-order chi connectivity index (χ1) is 7.69. The molecule has 0 saturated carbocycles. The first-order valence-corrected chi connectivity index (χ1v) is 5.74. The molecule has 0 aliphatic carbocycles. The fraction of sp³-hybridized carbons (Fsp3) is 0.750. The fourth-order valence-corrected chi connectivity index (χ4v) is 1.91. The van der Waals surface area contributed by atoms with E-state index >= 15 is 0 Å². The standard InChI is InChI=1S/C12H19N3O2/c1-11(2)7-9(16)15(10(11)17)6-4-5-12(3,14)8-13/h4-7,14H2,1-3H3. The van der Waals surface area contributed by atoms with Crippen LogP contribution in [0.1, 0.15) is 40.0 Å². The normalized spacial score (nSPS) is 22.4. The summed E-state index contributed by atoms with van der Waals surface area (Å²) in [5.74, 6) is -0.256. The molecule has 0 aromatic rings. The van der Waals surface area contributed by atoms with Gasteiger partial charge in [-0.2, -0.15) is 5.26 Å². The average molecular weight is 237 g/mol. The van der Waals surface area contributed by atoms with Crippen LogP contribution in [0.4, 0.5) is 0 Å². The van der Waals surface area contributed by atoms with Crippen LogP contribution in [0.5, 0.6) is 0 Å². The number of nitrogens with two attached hydrogens (primary N) is 1. The van der Waals surface area contributed by atoms with Crippen LogP contribution in [0.3, 0.4) is 0 Å². The molecule has 1 aliphatic heterocycles. The van der Waals surface area contributed by atoms with Gasteiger partial charge in [-0.05, 0) is 19.8 Å². The summed E-state index contributed by atoms with van der Waals surface area (Å²) in [4.78, 5) is 24.8. The molecule has 2 amide bonds. The van der Waals surface area contributed by atoms with E-state index in [9.17, 15) is 9.59 Å². The summed E-state index contributed by atoms with van der Waals surface area (Å²) < 4.78 is 0. The molecule has 1 atom stereocenters. The molecule has 17 heavy (non-hydrogen) atoms. The Hall–Kier alpha value is -1.41. The van der Waals surface area contributed by atoms with Crippen molar-refractivity contribution in [2.75, 3.05) is 6.54 Å². The molecule has 0 spiro atoms. The summed E-state index contributed by atoms with van der Waals surface area (Å²) in [6.45, 7) is 5.55. The van der Waals surface area contributed by atoms with Gasteiger partial charge in [0.1, 0.15) is 5.54 Å². The van der Waals surface area contributed by atoms with E-state index in [1.165, 1.54) is 4.90 Å². The Morgan fingerprint density at radius 1 is 1.53 bits per heavy atom. The second kappa shape index (κ2) is 4.46. The van der Waals surface area contributed by atoms with Gasteiger partial charge in [0.05, 0.1) is 11.5 Å². The molecule has 5 nitrogen and oxygen atoms in total. The molecule has 1 rings (SSSR count). The Balaban J connectivity index is 2.52. The van der Waals surface area contributed by atoms with Crippen molar-refractivity contribution in [3.63, 3.8) is 0 Å². The lowest BCUT2D eigenvalue weighted by Crippen LogP contribution is -2.37. The van der Waals surface area contributed by atoms with Crippen LogP contribution in [-0.4, -0.2) is 28.8 Å². The quantitative estimate of drug-likeness (QED) is 0.732. The monoisotopic (exact) mass is 237 g/mol.